The first-order valence-electron chi connectivity index (χ1n) is 7.45. The van der Waals surface area contributed by atoms with Crippen LogP contribution in [-0.4, -0.2) is 38.6 Å². The molecule has 132 valence electrons. The highest BCUT2D eigenvalue weighted by atomic mass is 35.5. The number of nitrogens with zero attached hydrogens (tertiary/aromatic N) is 1. The van der Waals surface area contributed by atoms with Gasteiger partial charge in [0.25, 0.3) is 5.91 Å². The van der Waals surface area contributed by atoms with Gasteiger partial charge in [-0.15, -0.1) is 0 Å². The number of fused-ring (bicyclic) bond motifs is 1. The molecule has 0 N–H and O–H groups in total. The van der Waals surface area contributed by atoms with Crippen LogP contribution in [-0.2, 0) is 14.6 Å². The molecule has 5 nitrogen and oxygen atoms in total. The molecule has 1 amide bonds. The van der Waals surface area contributed by atoms with E-state index in [1.807, 2.05) is 0 Å². The number of para-hydroxylation sites is 1. The van der Waals surface area contributed by atoms with E-state index in [9.17, 15) is 13.2 Å². The summed E-state index contributed by atoms with van der Waals surface area (Å²) in [6, 6.07) is 10.8. The zero-order valence-corrected chi connectivity index (χ0v) is 15.6. The highest BCUT2D eigenvalue weighted by molar-refractivity contribution is 7.91. The van der Waals surface area contributed by atoms with Crippen molar-refractivity contribution in [3.8, 4) is 5.75 Å². The minimum atomic E-state index is -3.44. The first-order chi connectivity index (χ1) is 11.8. The predicted molar refractivity (Wildman–Crippen MR) is 96.0 cm³/mol. The lowest BCUT2D eigenvalue weighted by Gasteiger charge is -2.24. The number of carbonyl (C=O) groups is 1. The normalized spacial score (nSPS) is 17.8. The fourth-order valence-corrected chi connectivity index (χ4v) is 4.95. The van der Waals surface area contributed by atoms with Gasteiger partial charge in [-0.2, -0.15) is 0 Å². The molecular weight excluding hydrogens is 385 g/mol. The van der Waals surface area contributed by atoms with E-state index < -0.39 is 15.9 Å². The van der Waals surface area contributed by atoms with Crippen LogP contribution in [0.4, 0.5) is 0 Å². The van der Waals surface area contributed by atoms with Crippen LogP contribution in [0.25, 0.3) is 0 Å². The number of carbonyl (C=O) groups excluding carboxylic acids is 1. The molecule has 25 heavy (non-hydrogen) atoms. The van der Waals surface area contributed by atoms with Crippen molar-refractivity contribution in [2.45, 2.75) is 10.9 Å². The van der Waals surface area contributed by atoms with E-state index in [0.29, 0.717) is 21.4 Å². The van der Waals surface area contributed by atoms with Crippen LogP contribution in [0.2, 0.25) is 10.0 Å². The van der Waals surface area contributed by atoms with Crippen LogP contribution in [0.3, 0.4) is 0 Å². The highest BCUT2D eigenvalue weighted by Crippen LogP contribution is 2.38. The molecule has 0 fully saturated rings. The molecule has 1 aliphatic rings. The fourth-order valence-electron chi connectivity index (χ4n) is 2.75. The fraction of sp³-hybridized carbons (Fsp3) is 0.235. The number of hydrogen-bond donors (Lipinski definition) is 0. The summed E-state index contributed by atoms with van der Waals surface area (Å²) in [5.41, 5.74) is 0.529. The van der Waals surface area contributed by atoms with Crippen LogP contribution in [0.5, 0.6) is 5.75 Å². The zero-order chi connectivity index (χ0) is 18.2. The molecule has 0 saturated carbocycles. The number of ether oxygens (including phenoxy) is 1. The van der Waals surface area contributed by atoms with E-state index in [1.165, 1.54) is 17.0 Å². The van der Waals surface area contributed by atoms with Gasteiger partial charge in [0.2, 0.25) is 0 Å². The largest absolute Gasteiger partial charge is 0.482 e. The lowest BCUT2D eigenvalue weighted by Crippen LogP contribution is -2.35. The van der Waals surface area contributed by atoms with Gasteiger partial charge in [0, 0.05) is 12.1 Å². The maximum absolute atomic E-state index is 12.5. The van der Waals surface area contributed by atoms with Crippen molar-refractivity contribution in [1.29, 1.82) is 0 Å². The van der Waals surface area contributed by atoms with Crippen molar-refractivity contribution in [3.05, 3.63) is 58.1 Å². The topological polar surface area (TPSA) is 63.7 Å². The molecule has 3 rings (SSSR count). The molecule has 0 unspecified atom stereocenters. The average molecular weight is 400 g/mol. The number of sulfone groups is 1. The molecule has 0 saturated heterocycles. The summed E-state index contributed by atoms with van der Waals surface area (Å²) in [5, 5.41) is 0.826. The molecule has 1 heterocycles. The van der Waals surface area contributed by atoms with Gasteiger partial charge >= 0.3 is 0 Å². The van der Waals surface area contributed by atoms with Crippen molar-refractivity contribution in [3.63, 3.8) is 0 Å². The summed E-state index contributed by atoms with van der Waals surface area (Å²) in [6.45, 7) is -0.243. The first-order valence-corrected chi connectivity index (χ1v) is 9.85. The molecule has 8 heteroatoms. The molecule has 0 aromatic heterocycles. The van der Waals surface area contributed by atoms with Gasteiger partial charge < -0.3 is 9.64 Å². The van der Waals surface area contributed by atoms with Gasteiger partial charge in [-0.3, -0.25) is 4.79 Å². The van der Waals surface area contributed by atoms with Crippen molar-refractivity contribution < 1.29 is 17.9 Å². The van der Waals surface area contributed by atoms with Crippen molar-refractivity contribution in [2.24, 2.45) is 0 Å². The maximum atomic E-state index is 12.5. The Kier molecular flexibility index (Phi) is 4.95. The summed E-state index contributed by atoms with van der Waals surface area (Å²) in [7, 11) is -1.89. The van der Waals surface area contributed by atoms with E-state index in [-0.39, 0.29) is 23.2 Å². The van der Waals surface area contributed by atoms with E-state index in [2.05, 4.69) is 0 Å². The second-order valence-electron chi connectivity index (χ2n) is 5.70. The van der Waals surface area contributed by atoms with E-state index in [0.717, 1.165) is 0 Å². The monoisotopic (exact) mass is 399 g/mol. The number of benzene rings is 2. The second-order valence-corrected chi connectivity index (χ2v) is 8.55. The Balaban J connectivity index is 1.78. The number of amides is 1. The van der Waals surface area contributed by atoms with Crippen LogP contribution in [0, 0.1) is 0 Å². The Morgan fingerprint density at radius 3 is 2.68 bits per heavy atom. The van der Waals surface area contributed by atoms with Crippen molar-refractivity contribution >= 4 is 38.9 Å². The first kappa shape index (κ1) is 18.0. The molecule has 0 aliphatic carbocycles. The zero-order valence-electron chi connectivity index (χ0n) is 13.3. The van der Waals surface area contributed by atoms with Gasteiger partial charge in [-0.25, -0.2) is 8.42 Å². The molecular formula is C17H15Cl2NO4S. The summed E-state index contributed by atoms with van der Waals surface area (Å²) in [6.07, 6.45) is 0. The molecule has 0 bridgehead atoms. The van der Waals surface area contributed by atoms with Crippen LogP contribution >= 0.6 is 23.2 Å². The van der Waals surface area contributed by atoms with Crippen molar-refractivity contribution in [1.82, 2.24) is 4.90 Å². The Bertz CT molecular complexity index is 930. The van der Waals surface area contributed by atoms with E-state index in [4.69, 9.17) is 27.9 Å². The van der Waals surface area contributed by atoms with E-state index in [1.54, 1.807) is 37.4 Å². The van der Waals surface area contributed by atoms with Gasteiger partial charge in [-0.05, 0) is 35.9 Å². The lowest BCUT2D eigenvalue weighted by atomic mass is 10.1. The van der Waals surface area contributed by atoms with E-state index >= 15 is 0 Å². The third-order valence-electron chi connectivity index (χ3n) is 4.09. The van der Waals surface area contributed by atoms with Crippen LogP contribution in [0.15, 0.2) is 47.4 Å². The van der Waals surface area contributed by atoms with Gasteiger partial charge in [0.15, 0.2) is 16.4 Å². The summed E-state index contributed by atoms with van der Waals surface area (Å²) in [5.74, 6) is -0.127. The minimum Gasteiger partial charge on any atom is -0.482 e. The Labute approximate surface area is 156 Å². The summed E-state index contributed by atoms with van der Waals surface area (Å²) < 4.78 is 30.0. The molecule has 2 aromatic carbocycles. The van der Waals surface area contributed by atoms with Gasteiger partial charge in [0.05, 0.1) is 21.7 Å². The van der Waals surface area contributed by atoms with Gasteiger partial charge in [-0.1, -0.05) is 35.3 Å². The third kappa shape index (κ3) is 3.61. The smallest absolute Gasteiger partial charge is 0.260 e. The van der Waals surface area contributed by atoms with Crippen LogP contribution < -0.4 is 4.74 Å². The standard InChI is InChI=1S/C17H15Cl2NO4S/c1-20(17(21)9-24-15-5-3-2-4-13(15)19)14-10-25(22,23)16-7-6-11(18)8-12(14)16/h2-8,14H,9-10H2,1H3/t14-/m0/s1. The quantitative estimate of drug-likeness (QED) is 0.790. The molecule has 1 aliphatic heterocycles. The summed E-state index contributed by atoms with van der Waals surface area (Å²) >= 11 is 12.0. The number of rotatable bonds is 4. The minimum absolute atomic E-state index is 0.170. The number of halogens is 2. The Morgan fingerprint density at radius 1 is 1.24 bits per heavy atom. The highest BCUT2D eigenvalue weighted by Gasteiger charge is 2.38. The maximum Gasteiger partial charge on any atom is 0.260 e. The summed E-state index contributed by atoms with van der Waals surface area (Å²) in [4.78, 5) is 14.0. The Hall–Kier alpha value is -1.76. The van der Waals surface area contributed by atoms with Gasteiger partial charge in [0.1, 0.15) is 5.75 Å². The number of hydrogen-bond acceptors (Lipinski definition) is 4. The molecule has 1 atom stereocenters. The average Bonchev–Trinajstić information content (AvgIpc) is 2.83. The second kappa shape index (κ2) is 6.86. The number of likely N-dealkylation sites (N-methyl/N-ethyl adjacent to an activating group) is 1. The Morgan fingerprint density at radius 2 is 1.96 bits per heavy atom. The van der Waals surface area contributed by atoms with Crippen molar-refractivity contribution in [2.75, 3.05) is 19.4 Å². The molecule has 0 spiro atoms. The SMILES string of the molecule is CN(C(=O)COc1ccccc1Cl)[C@H]1CS(=O)(=O)c2ccc(Cl)cc21. The van der Waals surface area contributed by atoms with Crippen LogP contribution in [0.1, 0.15) is 11.6 Å². The molecule has 0 radical (unpaired) electrons. The molecule has 2 aromatic rings. The third-order valence-corrected chi connectivity index (χ3v) is 6.44. The predicted octanol–water partition coefficient (Wildman–Crippen LogP) is 3.36. The lowest BCUT2D eigenvalue weighted by molar-refractivity contribution is -0.133.